The lowest BCUT2D eigenvalue weighted by Crippen LogP contribution is -2.37. The van der Waals surface area contributed by atoms with Gasteiger partial charge in [-0.25, -0.2) is 9.59 Å². The van der Waals surface area contributed by atoms with Crippen LogP contribution >= 0.6 is 15.9 Å². The van der Waals surface area contributed by atoms with Crippen molar-refractivity contribution in [3.8, 4) is 6.07 Å². The van der Waals surface area contributed by atoms with Gasteiger partial charge in [0.2, 0.25) is 0 Å². The standard InChI is InChI=1S/C14H16BrN3O3/c1-3-18(8-9(2)7-16)14(21)17-12-6-10(15)4-5-11(12)13(19)20/h4-6,9H,3,8H2,1-2H3,(H,17,21)(H,19,20). The zero-order valence-corrected chi connectivity index (χ0v) is 13.3. The van der Waals surface area contributed by atoms with Gasteiger partial charge in [-0.05, 0) is 32.0 Å². The van der Waals surface area contributed by atoms with E-state index in [1.807, 2.05) is 0 Å². The summed E-state index contributed by atoms with van der Waals surface area (Å²) in [6.45, 7) is 4.23. The van der Waals surface area contributed by atoms with Gasteiger partial charge in [0, 0.05) is 17.6 Å². The van der Waals surface area contributed by atoms with E-state index in [1.165, 1.54) is 17.0 Å². The van der Waals surface area contributed by atoms with Crippen LogP contribution in [-0.4, -0.2) is 35.1 Å². The van der Waals surface area contributed by atoms with Crippen molar-refractivity contribution in [1.82, 2.24) is 4.90 Å². The van der Waals surface area contributed by atoms with Crippen LogP contribution in [0.15, 0.2) is 22.7 Å². The predicted octanol–water partition coefficient (Wildman–Crippen LogP) is 3.16. The second-order valence-electron chi connectivity index (χ2n) is 4.49. The van der Waals surface area contributed by atoms with Crippen molar-refractivity contribution in [2.75, 3.05) is 18.4 Å². The van der Waals surface area contributed by atoms with E-state index in [4.69, 9.17) is 10.4 Å². The molecule has 1 unspecified atom stereocenters. The minimum atomic E-state index is -1.12. The maximum Gasteiger partial charge on any atom is 0.337 e. The smallest absolute Gasteiger partial charge is 0.337 e. The molecule has 1 aromatic rings. The van der Waals surface area contributed by atoms with Crippen molar-refractivity contribution >= 4 is 33.6 Å². The fourth-order valence-corrected chi connectivity index (χ4v) is 2.09. The average molecular weight is 354 g/mol. The Bertz CT molecular complexity index is 583. The number of carbonyl (C=O) groups excluding carboxylic acids is 1. The van der Waals surface area contributed by atoms with Gasteiger partial charge in [0.1, 0.15) is 0 Å². The van der Waals surface area contributed by atoms with E-state index >= 15 is 0 Å². The minimum absolute atomic E-state index is 0.0101. The lowest BCUT2D eigenvalue weighted by atomic mass is 10.2. The molecular formula is C14H16BrN3O3. The van der Waals surface area contributed by atoms with E-state index in [9.17, 15) is 9.59 Å². The lowest BCUT2D eigenvalue weighted by Gasteiger charge is -2.22. The highest BCUT2D eigenvalue weighted by atomic mass is 79.9. The molecule has 21 heavy (non-hydrogen) atoms. The van der Waals surface area contributed by atoms with Crippen molar-refractivity contribution in [3.63, 3.8) is 0 Å². The molecule has 0 radical (unpaired) electrons. The molecule has 112 valence electrons. The third-order valence-electron chi connectivity index (χ3n) is 2.84. The summed E-state index contributed by atoms with van der Waals surface area (Å²) in [5.74, 6) is -1.41. The number of halogens is 1. The van der Waals surface area contributed by atoms with Crippen LogP contribution in [-0.2, 0) is 0 Å². The first-order valence-corrected chi connectivity index (χ1v) is 7.16. The molecule has 1 aromatic carbocycles. The summed E-state index contributed by atoms with van der Waals surface area (Å²) in [5.41, 5.74) is 0.223. The first-order chi connectivity index (χ1) is 9.88. The summed E-state index contributed by atoms with van der Waals surface area (Å²) in [6.07, 6.45) is 0. The van der Waals surface area contributed by atoms with E-state index in [1.54, 1.807) is 19.9 Å². The highest BCUT2D eigenvalue weighted by Gasteiger charge is 2.18. The second kappa shape index (κ2) is 7.64. The number of nitriles is 1. The van der Waals surface area contributed by atoms with E-state index in [2.05, 4.69) is 27.3 Å². The summed E-state index contributed by atoms with van der Waals surface area (Å²) in [5, 5.41) is 20.5. The Morgan fingerprint density at radius 1 is 1.52 bits per heavy atom. The Morgan fingerprint density at radius 3 is 2.71 bits per heavy atom. The normalized spacial score (nSPS) is 11.3. The average Bonchev–Trinajstić information content (AvgIpc) is 2.43. The zero-order valence-electron chi connectivity index (χ0n) is 11.8. The van der Waals surface area contributed by atoms with Gasteiger partial charge in [-0.3, -0.25) is 0 Å². The Balaban J connectivity index is 2.94. The number of carbonyl (C=O) groups is 2. The van der Waals surface area contributed by atoms with Gasteiger partial charge in [0.05, 0.1) is 23.2 Å². The van der Waals surface area contributed by atoms with Crippen LogP contribution in [0.1, 0.15) is 24.2 Å². The van der Waals surface area contributed by atoms with Gasteiger partial charge in [-0.15, -0.1) is 0 Å². The van der Waals surface area contributed by atoms with E-state index in [-0.39, 0.29) is 23.7 Å². The third kappa shape index (κ3) is 4.76. The van der Waals surface area contributed by atoms with Crippen LogP contribution in [0.2, 0.25) is 0 Å². The van der Waals surface area contributed by atoms with Gasteiger partial charge in [-0.1, -0.05) is 15.9 Å². The number of carboxylic acids is 1. The second-order valence-corrected chi connectivity index (χ2v) is 5.41. The third-order valence-corrected chi connectivity index (χ3v) is 3.33. The first kappa shape index (κ1) is 17.0. The van der Waals surface area contributed by atoms with Crippen molar-refractivity contribution in [3.05, 3.63) is 28.2 Å². The summed E-state index contributed by atoms with van der Waals surface area (Å²) in [7, 11) is 0. The van der Waals surface area contributed by atoms with Crippen LogP contribution in [0.5, 0.6) is 0 Å². The molecule has 7 heteroatoms. The highest BCUT2D eigenvalue weighted by Crippen LogP contribution is 2.22. The molecule has 0 aliphatic rings. The number of amides is 2. The Morgan fingerprint density at radius 2 is 2.19 bits per heavy atom. The van der Waals surface area contributed by atoms with Crippen molar-refractivity contribution < 1.29 is 14.7 Å². The van der Waals surface area contributed by atoms with Crippen LogP contribution in [0.4, 0.5) is 10.5 Å². The molecule has 1 rings (SSSR count). The number of nitrogens with one attached hydrogen (secondary N) is 1. The number of aromatic carboxylic acids is 1. The maximum absolute atomic E-state index is 12.2. The summed E-state index contributed by atoms with van der Waals surface area (Å²) >= 11 is 3.24. The summed E-state index contributed by atoms with van der Waals surface area (Å²) in [4.78, 5) is 24.8. The Kier molecular flexibility index (Phi) is 6.18. The number of benzene rings is 1. The Labute approximate surface area is 131 Å². The molecule has 6 nitrogen and oxygen atoms in total. The van der Waals surface area contributed by atoms with Crippen molar-refractivity contribution in [2.45, 2.75) is 13.8 Å². The molecule has 0 heterocycles. The first-order valence-electron chi connectivity index (χ1n) is 6.37. The van der Waals surface area contributed by atoms with Gasteiger partial charge < -0.3 is 15.3 Å². The molecule has 2 N–H and O–H groups in total. The number of anilines is 1. The number of nitrogens with zero attached hydrogens (tertiary/aromatic N) is 2. The molecular weight excluding hydrogens is 338 g/mol. The van der Waals surface area contributed by atoms with E-state index in [0.717, 1.165) is 0 Å². The number of rotatable bonds is 5. The van der Waals surface area contributed by atoms with Gasteiger partial charge >= 0.3 is 12.0 Å². The SMILES string of the molecule is CCN(CC(C)C#N)C(=O)Nc1cc(Br)ccc1C(=O)O. The summed E-state index contributed by atoms with van der Waals surface area (Å²) in [6, 6.07) is 6.17. The van der Waals surface area contributed by atoms with Gasteiger partial charge in [0.25, 0.3) is 0 Å². The highest BCUT2D eigenvalue weighted by molar-refractivity contribution is 9.10. The number of urea groups is 1. The molecule has 0 bridgehead atoms. The van der Waals surface area contributed by atoms with Crippen molar-refractivity contribution in [1.29, 1.82) is 5.26 Å². The van der Waals surface area contributed by atoms with Gasteiger partial charge in [-0.2, -0.15) is 5.26 Å². The maximum atomic E-state index is 12.2. The monoisotopic (exact) mass is 353 g/mol. The number of hydrogen-bond acceptors (Lipinski definition) is 3. The van der Waals surface area contributed by atoms with Crippen LogP contribution in [0, 0.1) is 17.2 Å². The molecule has 0 aliphatic carbocycles. The molecule has 2 amide bonds. The summed E-state index contributed by atoms with van der Waals surface area (Å²) < 4.78 is 0.663. The quantitative estimate of drug-likeness (QED) is 0.849. The van der Waals surface area contributed by atoms with Crippen LogP contribution < -0.4 is 5.32 Å². The van der Waals surface area contributed by atoms with Crippen molar-refractivity contribution in [2.24, 2.45) is 5.92 Å². The number of hydrogen-bond donors (Lipinski definition) is 2. The fraction of sp³-hybridized carbons (Fsp3) is 0.357. The molecule has 0 aromatic heterocycles. The fourth-order valence-electron chi connectivity index (χ4n) is 1.73. The van der Waals surface area contributed by atoms with E-state index < -0.39 is 12.0 Å². The molecule has 0 saturated carbocycles. The molecule has 1 atom stereocenters. The zero-order chi connectivity index (χ0) is 16.0. The molecule has 0 fully saturated rings. The van der Waals surface area contributed by atoms with Crippen LogP contribution in [0.25, 0.3) is 0 Å². The predicted molar refractivity (Wildman–Crippen MR) is 82.1 cm³/mol. The largest absolute Gasteiger partial charge is 0.478 e. The molecule has 0 aliphatic heterocycles. The topological polar surface area (TPSA) is 93.4 Å². The number of carboxylic acid groups (broad SMARTS) is 1. The van der Waals surface area contributed by atoms with E-state index in [0.29, 0.717) is 11.0 Å². The molecule has 0 saturated heterocycles. The molecule has 0 spiro atoms. The van der Waals surface area contributed by atoms with Crippen LogP contribution in [0.3, 0.4) is 0 Å². The minimum Gasteiger partial charge on any atom is -0.478 e. The lowest BCUT2D eigenvalue weighted by molar-refractivity contribution is 0.0698. The Hall–Kier alpha value is -2.07. The van der Waals surface area contributed by atoms with Gasteiger partial charge in [0.15, 0.2) is 0 Å².